The van der Waals surface area contributed by atoms with Crippen LogP contribution in [-0.4, -0.2) is 24.1 Å². The Kier molecular flexibility index (Phi) is 6.88. The van der Waals surface area contributed by atoms with Gasteiger partial charge in [0.1, 0.15) is 11.9 Å². The highest BCUT2D eigenvalue weighted by Crippen LogP contribution is 2.36. The number of nitrogens with zero attached hydrogens (tertiary/aromatic N) is 3. The highest BCUT2D eigenvalue weighted by Gasteiger charge is 2.32. The second kappa shape index (κ2) is 9.81. The number of benzene rings is 1. The van der Waals surface area contributed by atoms with Crippen LogP contribution in [-0.2, 0) is 6.18 Å². The lowest BCUT2D eigenvalue weighted by Gasteiger charge is -2.39. The zero-order valence-corrected chi connectivity index (χ0v) is 18.1. The maximum atomic E-state index is 12.9. The molecule has 0 bridgehead atoms. The normalized spacial score (nSPS) is 24.1. The second-order valence-corrected chi connectivity index (χ2v) is 9.07. The first kappa shape index (κ1) is 22.4. The third-order valence-electron chi connectivity index (χ3n) is 6.85. The van der Waals surface area contributed by atoms with Gasteiger partial charge in [0, 0.05) is 31.0 Å². The first-order valence-corrected chi connectivity index (χ1v) is 11.5. The fraction of sp³-hybridized carbons (Fsp3) is 0.520. The van der Waals surface area contributed by atoms with E-state index in [9.17, 15) is 13.2 Å². The number of halogens is 3. The van der Waals surface area contributed by atoms with Crippen molar-refractivity contribution in [1.29, 1.82) is 5.26 Å². The predicted molar refractivity (Wildman–Crippen MR) is 119 cm³/mol. The van der Waals surface area contributed by atoms with Crippen LogP contribution in [0.5, 0.6) is 0 Å². The molecule has 1 aliphatic heterocycles. The summed E-state index contributed by atoms with van der Waals surface area (Å²) >= 11 is 0. The second-order valence-electron chi connectivity index (χ2n) is 9.07. The van der Waals surface area contributed by atoms with Crippen LogP contribution in [0.25, 0.3) is 0 Å². The predicted octanol–water partition coefficient (Wildman–Crippen LogP) is 6.25. The minimum Gasteiger partial charge on any atom is -0.371 e. The molecule has 32 heavy (non-hydrogen) atoms. The summed E-state index contributed by atoms with van der Waals surface area (Å²) in [7, 11) is 0. The molecule has 1 N–H and O–H groups in total. The zero-order chi connectivity index (χ0) is 22.6. The van der Waals surface area contributed by atoms with E-state index in [1.54, 1.807) is 24.4 Å². The van der Waals surface area contributed by atoms with Gasteiger partial charge in [0.2, 0.25) is 0 Å². The van der Waals surface area contributed by atoms with Gasteiger partial charge in [-0.3, -0.25) is 0 Å². The van der Waals surface area contributed by atoms with Crippen molar-refractivity contribution in [2.45, 2.75) is 57.2 Å². The summed E-state index contributed by atoms with van der Waals surface area (Å²) in [5, 5.41) is 12.6. The van der Waals surface area contributed by atoms with E-state index in [4.69, 9.17) is 5.26 Å². The SMILES string of the molecule is N#Cc1ccc(N[C@@H]2CCCC[C@H]2C[C@H]2CCCN(c3ccc(C(F)(F)F)cc3)C2)nc1. The molecule has 0 radical (unpaired) electrons. The largest absolute Gasteiger partial charge is 0.416 e. The van der Waals surface area contributed by atoms with E-state index in [-0.39, 0.29) is 0 Å². The molecule has 3 atom stereocenters. The molecule has 2 fully saturated rings. The Morgan fingerprint density at radius 3 is 2.50 bits per heavy atom. The van der Waals surface area contributed by atoms with Crippen molar-refractivity contribution in [3.8, 4) is 6.07 Å². The number of rotatable bonds is 5. The Morgan fingerprint density at radius 1 is 1.03 bits per heavy atom. The molecule has 1 saturated heterocycles. The quantitative estimate of drug-likeness (QED) is 0.595. The van der Waals surface area contributed by atoms with Crippen molar-refractivity contribution in [2.24, 2.45) is 11.8 Å². The third-order valence-corrected chi connectivity index (χ3v) is 6.85. The van der Waals surface area contributed by atoms with E-state index in [1.807, 2.05) is 6.07 Å². The average Bonchev–Trinajstić information content (AvgIpc) is 2.81. The smallest absolute Gasteiger partial charge is 0.371 e. The van der Waals surface area contributed by atoms with Crippen LogP contribution in [0.4, 0.5) is 24.7 Å². The van der Waals surface area contributed by atoms with Crippen LogP contribution >= 0.6 is 0 Å². The van der Waals surface area contributed by atoms with Crippen molar-refractivity contribution in [2.75, 3.05) is 23.3 Å². The van der Waals surface area contributed by atoms with Crippen molar-refractivity contribution in [1.82, 2.24) is 4.98 Å². The molecule has 2 heterocycles. The maximum absolute atomic E-state index is 12.9. The van der Waals surface area contributed by atoms with Crippen LogP contribution in [0, 0.1) is 23.2 Å². The van der Waals surface area contributed by atoms with Crippen molar-refractivity contribution < 1.29 is 13.2 Å². The number of piperidine rings is 1. The van der Waals surface area contributed by atoms with Gasteiger partial charge in [-0.2, -0.15) is 18.4 Å². The Bertz CT molecular complexity index is 918. The molecule has 0 amide bonds. The number of hydrogen-bond donors (Lipinski definition) is 1. The Balaban J connectivity index is 1.37. The van der Waals surface area contributed by atoms with Crippen molar-refractivity contribution in [3.63, 3.8) is 0 Å². The molecule has 1 aromatic heterocycles. The highest BCUT2D eigenvalue weighted by molar-refractivity contribution is 5.48. The zero-order valence-electron chi connectivity index (χ0n) is 18.1. The van der Waals surface area contributed by atoms with Crippen molar-refractivity contribution >= 4 is 11.5 Å². The molecular weight excluding hydrogens is 413 g/mol. The van der Waals surface area contributed by atoms with Gasteiger partial charge in [-0.25, -0.2) is 4.98 Å². The van der Waals surface area contributed by atoms with Gasteiger partial charge in [-0.15, -0.1) is 0 Å². The van der Waals surface area contributed by atoms with Gasteiger partial charge in [-0.05, 0) is 80.3 Å². The molecule has 170 valence electrons. The van der Waals surface area contributed by atoms with Crippen LogP contribution in [0.2, 0.25) is 0 Å². The van der Waals surface area contributed by atoms with Crippen LogP contribution in [0.3, 0.4) is 0 Å². The topological polar surface area (TPSA) is 52.0 Å². The number of aromatic nitrogens is 1. The van der Waals surface area contributed by atoms with Gasteiger partial charge < -0.3 is 10.2 Å². The Hall–Kier alpha value is -2.75. The molecule has 4 nitrogen and oxygen atoms in total. The van der Waals surface area contributed by atoms with Crippen LogP contribution in [0.15, 0.2) is 42.6 Å². The summed E-state index contributed by atoms with van der Waals surface area (Å²) in [5.74, 6) is 1.90. The van der Waals surface area contributed by atoms with Crippen LogP contribution in [0.1, 0.15) is 56.1 Å². The summed E-state index contributed by atoms with van der Waals surface area (Å²) in [4.78, 5) is 6.62. The van der Waals surface area contributed by atoms with E-state index in [2.05, 4.69) is 21.3 Å². The standard InChI is InChI=1S/C25H29F3N4/c26-25(27,28)21-8-10-22(11-9-21)32-13-3-4-18(17-32)14-20-5-1-2-6-23(20)31-24-12-7-19(15-29)16-30-24/h7-12,16,18,20,23H,1-6,13-14,17H2,(H,30,31)/t18-,20+,23-/m1/s1. The first-order chi connectivity index (χ1) is 15.4. The fourth-order valence-corrected chi connectivity index (χ4v) is 5.20. The lowest BCUT2D eigenvalue weighted by Crippen LogP contribution is -2.39. The van der Waals surface area contributed by atoms with Crippen molar-refractivity contribution in [3.05, 3.63) is 53.7 Å². The molecule has 2 aromatic rings. The lowest BCUT2D eigenvalue weighted by atomic mass is 9.77. The third kappa shape index (κ3) is 5.53. The number of anilines is 2. The fourth-order valence-electron chi connectivity index (χ4n) is 5.20. The van der Waals surface area contributed by atoms with E-state index >= 15 is 0 Å². The number of nitriles is 1. The van der Waals surface area contributed by atoms with E-state index < -0.39 is 11.7 Å². The van der Waals surface area contributed by atoms with Gasteiger partial charge in [-0.1, -0.05) is 12.8 Å². The van der Waals surface area contributed by atoms with E-state index in [1.165, 1.54) is 31.4 Å². The monoisotopic (exact) mass is 442 g/mol. The molecule has 2 aliphatic rings. The summed E-state index contributed by atoms with van der Waals surface area (Å²) in [6, 6.07) is 11.7. The molecule has 0 unspecified atom stereocenters. The molecule has 1 aromatic carbocycles. The van der Waals surface area contributed by atoms with Gasteiger partial charge in [0.25, 0.3) is 0 Å². The number of alkyl halides is 3. The molecular formula is C25H29F3N4. The molecule has 0 spiro atoms. The minimum atomic E-state index is -4.30. The van der Waals surface area contributed by atoms with E-state index in [0.29, 0.717) is 23.4 Å². The Morgan fingerprint density at radius 2 is 1.81 bits per heavy atom. The molecule has 1 saturated carbocycles. The average molecular weight is 443 g/mol. The molecule has 1 aliphatic carbocycles. The number of hydrogen-bond acceptors (Lipinski definition) is 4. The molecule has 7 heteroatoms. The minimum absolute atomic E-state index is 0.366. The lowest BCUT2D eigenvalue weighted by molar-refractivity contribution is -0.137. The van der Waals surface area contributed by atoms with Gasteiger partial charge in [0.05, 0.1) is 11.1 Å². The summed E-state index contributed by atoms with van der Waals surface area (Å²) in [6.07, 6.45) is 5.38. The van der Waals surface area contributed by atoms with Crippen LogP contribution < -0.4 is 10.2 Å². The first-order valence-electron chi connectivity index (χ1n) is 11.5. The van der Waals surface area contributed by atoms with Gasteiger partial charge in [0.15, 0.2) is 0 Å². The van der Waals surface area contributed by atoms with Gasteiger partial charge >= 0.3 is 6.18 Å². The molecule has 4 rings (SSSR count). The number of nitrogens with one attached hydrogen (secondary N) is 1. The Labute approximate surface area is 187 Å². The number of pyridine rings is 1. The maximum Gasteiger partial charge on any atom is 0.416 e. The van der Waals surface area contributed by atoms with E-state index in [0.717, 1.165) is 50.3 Å². The summed E-state index contributed by atoms with van der Waals surface area (Å²) in [5.41, 5.74) is 0.839. The summed E-state index contributed by atoms with van der Waals surface area (Å²) < 4.78 is 38.6. The highest BCUT2D eigenvalue weighted by atomic mass is 19.4. The summed E-state index contributed by atoms with van der Waals surface area (Å²) in [6.45, 7) is 1.78.